The minimum Gasteiger partial charge on any atom is -0.336 e. The number of aromatic amines is 1. The highest BCUT2D eigenvalue weighted by Gasteiger charge is 2.18. The van der Waals surface area contributed by atoms with Crippen molar-refractivity contribution >= 4 is 0 Å². The van der Waals surface area contributed by atoms with Gasteiger partial charge >= 0.3 is 0 Å². The van der Waals surface area contributed by atoms with Crippen molar-refractivity contribution in [2.45, 2.75) is 0 Å². The Morgan fingerprint density at radius 3 is 1.60 bits per heavy atom. The molecule has 0 fully saturated rings. The smallest absolute Gasteiger partial charge is 0.138 e. The van der Waals surface area contributed by atoms with E-state index in [2.05, 4.69) is 15.0 Å². The molecule has 0 radical (unpaired) electrons. The van der Waals surface area contributed by atoms with Crippen LogP contribution in [0.2, 0.25) is 0 Å². The first-order valence-corrected chi connectivity index (χ1v) is 11.3. The molecule has 1 N–H and O–H groups in total. The summed E-state index contributed by atoms with van der Waals surface area (Å²) < 4.78 is 0. The van der Waals surface area contributed by atoms with Crippen LogP contribution in [-0.4, -0.2) is 29.9 Å². The molecule has 6 rings (SSSR count). The molecule has 0 amide bonds. The molecule has 6 nitrogen and oxygen atoms in total. The standard InChI is InChI=1S/C29H20N6/c1-2-10-20(11-3-1)29-34-27(25-16-8-14-23(32-25)21-12-4-6-18-30-21)28(35-29)26-17-9-15-24(33-26)22-13-5-7-19-31-22/h1-19H,(H,34,35). The van der Waals surface area contributed by atoms with Crippen LogP contribution in [0.5, 0.6) is 0 Å². The highest BCUT2D eigenvalue weighted by atomic mass is 15.0. The maximum absolute atomic E-state index is 4.97. The van der Waals surface area contributed by atoms with Gasteiger partial charge in [0.1, 0.15) is 11.5 Å². The minimum absolute atomic E-state index is 0.729. The topological polar surface area (TPSA) is 80.2 Å². The van der Waals surface area contributed by atoms with E-state index in [0.717, 1.165) is 56.9 Å². The van der Waals surface area contributed by atoms with Gasteiger partial charge in [0.05, 0.1) is 39.9 Å². The van der Waals surface area contributed by atoms with Crippen LogP contribution in [0.15, 0.2) is 116 Å². The number of nitrogens with one attached hydrogen (secondary N) is 1. The molecule has 0 saturated heterocycles. The Kier molecular flexibility index (Phi) is 5.37. The Morgan fingerprint density at radius 1 is 0.429 bits per heavy atom. The maximum Gasteiger partial charge on any atom is 0.138 e. The molecular formula is C29H20N6. The number of benzene rings is 1. The van der Waals surface area contributed by atoms with Gasteiger partial charge in [0.15, 0.2) is 0 Å². The van der Waals surface area contributed by atoms with Crippen LogP contribution < -0.4 is 0 Å². The van der Waals surface area contributed by atoms with Crippen LogP contribution in [0.3, 0.4) is 0 Å². The van der Waals surface area contributed by atoms with Gasteiger partial charge in [0.25, 0.3) is 0 Å². The minimum atomic E-state index is 0.729. The molecule has 5 heterocycles. The van der Waals surface area contributed by atoms with Gasteiger partial charge in [-0.3, -0.25) is 9.97 Å². The lowest BCUT2D eigenvalue weighted by molar-refractivity contribution is 1.22. The molecule has 0 aliphatic rings. The van der Waals surface area contributed by atoms with Gasteiger partial charge in [-0.05, 0) is 48.5 Å². The fourth-order valence-corrected chi connectivity index (χ4v) is 3.93. The lowest BCUT2D eigenvalue weighted by atomic mass is 10.1. The summed E-state index contributed by atoms with van der Waals surface area (Å²) in [7, 11) is 0. The zero-order valence-electron chi connectivity index (χ0n) is 18.7. The zero-order valence-corrected chi connectivity index (χ0v) is 18.7. The van der Waals surface area contributed by atoms with E-state index >= 15 is 0 Å². The summed E-state index contributed by atoms with van der Waals surface area (Å²) in [5, 5.41) is 0. The van der Waals surface area contributed by atoms with Crippen molar-refractivity contribution in [3.8, 4) is 56.9 Å². The van der Waals surface area contributed by atoms with Gasteiger partial charge in [-0.2, -0.15) is 0 Å². The van der Waals surface area contributed by atoms with Crippen molar-refractivity contribution in [3.63, 3.8) is 0 Å². The predicted molar refractivity (Wildman–Crippen MR) is 137 cm³/mol. The zero-order chi connectivity index (χ0) is 23.5. The van der Waals surface area contributed by atoms with Gasteiger partial charge in [-0.15, -0.1) is 0 Å². The van der Waals surface area contributed by atoms with Crippen molar-refractivity contribution < 1.29 is 0 Å². The monoisotopic (exact) mass is 452 g/mol. The predicted octanol–water partition coefficient (Wildman–Crippen LogP) is 6.32. The number of hydrogen-bond donors (Lipinski definition) is 1. The highest BCUT2D eigenvalue weighted by molar-refractivity contribution is 5.79. The van der Waals surface area contributed by atoms with E-state index in [1.165, 1.54) is 0 Å². The van der Waals surface area contributed by atoms with Gasteiger partial charge in [0.2, 0.25) is 0 Å². The normalized spacial score (nSPS) is 10.9. The van der Waals surface area contributed by atoms with E-state index in [1.807, 2.05) is 103 Å². The molecular weight excluding hydrogens is 432 g/mol. The fourth-order valence-electron chi connectivity index (χ4n) is 3.93. The first-order valence-electron chi connectivity index (χ1n) is 11.3. The van der Waals surface area contributed by atoms with Crippen LogP contribution in [0, 0.1) is 0 Å². The summed E-state index contributed by atoms with van der Waals surface area (Å²) in [5.41, 5.74) is 7.23. The van der Waals surface area contributed by atoms with Gasteiger partial charge < -0.3 is 4.98 Å². The summed E-state index contributed by atoms with van der Waals surface area (Å²) in [6.07, 6.45) is 3.54. The first-order chi connectivity index (χ1) is 17.3. The molecule has 5 aromatic heterocycles. The number of H-pyrrole nitrogens is 1. The largest absolute Gasteiger partial charge is 0.336 e. The van der Waals surface area contributed by atoms with E-state index in [0.29, 0.717) is 0 Å². The Bertz CT molecular complexity index is 1480. The number of aromatic nitrogens is 6. The Morgan fingerprint density at radius 2 is 0.971 bits per heavy atom. The van der Waals surface area contributed by atoms with E-state index in [-0.39, 0.29) is 0 Å². The van der Waals surface area contributed by atoms with Crippen molar-refractivity contribution in [2.24, 2.45) is 0 Å². The maximum atomic E-state index is 4.97. The third-order valence-electron chi connectivity index (χ3n) is 5.60. The van der Waals surface area contributed by atoms with Gasteiger partial charge in [-0.1, -0.05) is 54.6 Å². The van der Waals surface area contributed by atoms with Crippen molar-refractivity contribution in [2.75, 3.05) is 0 Å². The number of nitrogens with zero attached hydrogens (tertiary/aromatic N) is 5. The lowest BCUT2D eigenvalue weighted by Crippen LogP contribution is -1.94. The second kappa shape index (κ2) is 9.11. The summed E-state index contributed by atoms with van der Waals surface area (Å²) in [6.45, 7) is 0. The van der Waals surface area contributed by atoms with Crippen LogP contribution >= 0.6 is 0 Å². The van der Waals surface area contributed by atoms with Crippen molar-refractivity contribution in [3.05, 3.63) is 116 Å². The summed E-state index contributed by atoms with van der Waals surface area (Å²) in [4.78, 5) is 27.2. The van der Waals surface area contributed by atoms with Crippen LogP contribution in [-0.2, 0) is 0 Å². The molecule has 1 aromatic carbocycles. The van der Waals surface area contributed by atoms with E-state index in [4.69, 9.17) is 15.0 Å². The molecule has 6 aromatic rings. The molecule has 0 aliphatic heterocycles. The highest BCUT2D eigenvalue weighted by Crippen LogP contribution is 2.33. The summed E-state index contributed by atoms with van der Waals surface area (Å²) >= 11 is 0. The van der Waals surface area contributed by atoms with Gasteiger partial charge in [-0.25, -0.2) is 15.0 Å². The molecule has 0 aliphatic carbocycles. The Hall–Kier alpha value is -4.97. The molecule has 0 bridgehead atoms. The number of imidazole rings is 1. The molecule has 35 heavy (non-hydrogen) atoms. The molecule has 6 heteroatoms. The third kappa shape index (κ3) is 4.20. The number of rotatable bonds is 5. The third-order valence-corrected chi connectivity index (χ3v) is 5.60. The second-order valence-corrected chi connectivity index (χ2v) is 7.92. The van der Waals surface area contributed by atoms with Crippen LogP contribution in [0.4, 0.5) is 0 Å². The quantitative estimate of drug-likeness (QED) is 0.331. The average Bonchev–Trinajstić information content (AvgIpc) is 3.41. The molecule has 0 atom stereocenters. The van der Waals surface area contributed by atoms with Crippen LogP contribution in [0.25, 0.3) is 56.9 Å². The Balaban J connectivity index is 1.51. The lowest BCUT2D eigenvalue weighted by Gasteiger charge is -2.06. The van der Waals surface area contributed by atoms with Gasteiger partial charge in [0, 0.05) is 18.0 Å². The SMILES string of the molecule is c1ccc(-c2nc(-c3cccc(-c4ccccn4)n3)c(-c3cccc(-c4ccccn4)n3)[nH]2)cc1. The number of pyridine rings is 4. The van der Waals surface area contributed by atoms with Crippen molar-refractivity contribution in [1.82, 2.24) is 29.9 Å². The first kappa shape index (κ1) is 20.6. The van der Waals surface area contributed by atoms with E-state index < -0.39 is 0 Å². The average molecular weight is 453 g/mol. The Labute approximate surface area is 202 Å². The fraction of sp³-hybridized carbons (Fsp3) is 0. The van der Waals surface area contributed by atoms with Crippen LogP contribution in [0.1, 0.15) is 0 Å². The number of hydrogen-bond acceptors (Lipinski definition) is 5. The molecule has 0 unspecified atom stereocenters. The molecule has 166 valence electrons. The van der Waals surface area contributed by atoms with Crippen molar-refractivity contribution in [1.29, 1.82) is 0 Å². The molecule has 0 spiro atoms. The summed E-state index contributed by atoms with van der Waals surface area (Å²) in [5.74, 6) is 0.755. The molecule has 0 saturated carbocycles. The summed E-state index contributed by atoms with van der Waals surface area (Å²) in [6, 6.07) is 33.5. The van der Waals surface area contributed by atoms with E-state index in [9.17, 15) is 0 Å². The van der Waals surface area contributed by atoms with E-state index in [1.54, 1.807) is 12.4 Å². The second-order valence-electron chi connectivity index (χ2n) is 7.92.